The molecular weight excluding hydrogens is 278 g/mol. The molecule has 0 aliphatic rings. The van der Waals surface area contributed by atoms with Crippen molar-refractivity contribution in [3.63, 3.8) is 0 Å². The van der Waals surface area contributed by atoms with E-state index in [4.69, 9.17) is 5.53 Å². The van der Waals surface area contributed by atoms with Gasteiger partial charge in [-0.15, -0.1) is 0 Å². The van der Waals surface area contributed by atoms with Crippen molar-refractivity contribution in [1.29, 1.82) is 0 Å². The van der Waals surface area contributed by atoms with Gasteiger partial charge in [0.05, 0.1) is 0 Å². The molecule has 0 radical (unpaired) electrons. The largest absolute Gasteiger partial charge is 0.243 e. The van der Waals surface area contributed by atoms with Crippen LogP contribution in [-0.2, 0) is 10.0 Å². The van der Waals surface area contributed by atoms with E-state index in [0.29, 0.717) is 18.9 Å². The quantitative estimate of drug-likeness (QED) is 0.361. The minimum absolute atomic E-state index is 0.0548. The van der Waals surface area contributed by atoms with E-state index < -0.39 is 26.6 Å². The molecule has 0 aromatic heterocycles. The molecule has 0 saturated carbocycles. The zero-order valence-corrected chi connectivity index (χ0v) is 10.7. The first-order valence-electron chi connectivity index (χ1n) is 5.43. The highest BCUT2D eigenvalue weighted by Gasteiger charge is 2.19. The summed E-state index contributed by atoms with van der Waals surface area (Å²) in [7, 11) is -4.07. The first kappa shape index (κ1) is 15.4. The number of nitrogens with one attached hydrogen (secondary N) is 1. The summed E-state index contributed by atoms with van der Waals surface area (Å²) < 4.78 is 51.7. The number of halogens is 2. The summed E-state index contributed by atoms with van der Waals surface area (Å²) in [5.41, 5.74) is 8.03. The SMILES string of the molecule is [N-]=[N+]=NCCCCNS(=O)(=O)c1cc(F)ccc1F. The van der Waals surface area contributed by atoms with Crippen LogP contribution < -0.4 is 4.72 Å². The van der Waals surface area contributed by atoms with Gasteiger partial charge in [0.2, 0.25) is 10.0 Å². The van der Waals surface area contributed by atoms with Crippen molar-refractivity contribution in [3.05, 3.63) is 40.3 Å². The van der Waals surface area contributed by atoms with Crippen LogP contribution in [0.5, 0.6) is 0 Å². The number of rotatable bonds is 7. The number of benzene rings is 1. The lowest BCUT2D eigenvalue weighted by Gasteiger charge is -2.07. The molecule has 0 amide bonds. The Hall–Kier alpha value is -1.70. The zero-order chi connectivity index (χ0) is 14.3. The number of azide groups is 1. The molecule has 0 spiro atoms. The molecule has 0 aliphatic heterocycles. The van der Waals surface area contributed by atoms with Crippen molar-refractivity contribution >= 4 is 10.0 Å². The van der Waals surface area contributed by atoms with Gasteiger partial charge < -0.3 is 0 Å². The molecule has 0 bridgehead atoms. The molecule has 0 atom stereocenters. The van der Waals surface area contributed by atoms with Crippen LogP contribution in [0.3, 0.4) is 0 Å². The van der Waals surface area contributed by atoms with Gasteiger partial charge >= 0.3 is 0 Å². The van der Waals surface area contributed by atoms with Crippen LogP contribution in [0.25, 0.3) is 10.4 Å². The van der Waals surface area contributed by atoms with E-state index in [1.165, 1.54) is 0 Å². The van der Waals surface area contributed by atoms with E-state index in [1.807, 2.05) is 0 Å². The molecule has 9 heteroatoms. The maximum absolute atomic E-state index is 13.3. The van der Waals surface area contributed by atoms with Gasteiger partial charge in [0.25, 0.3) is 0 Å². The third-order valence-electron chi connectivity index (χ3n) is 2.22. The molecule has 0 aliphatic carbocycles. The van der Waals surface area contributed by atoms with Crippen LogP contribution in [0.4, 0.5) is 8.78 Å². The molecule has 104 valence electrons. The highest BCUT2D eigenvalue weighted by atomic mass is 32.2. The van der Waals surface area contributed by atoms with Crippen molar-refractivity contribution in [2.24, 2.45) is 5.11 Å². The van der Waals surface area contributed by atoms with Crippen molar-refractivity contribution in [2.75, 3.05) is 13.1 Å². The van der Waals surface area contributed by atoms with Crippen LogP contribution in [0, 0.1) is 11.6 Å². The second-order valence-corrected chi connectivity index (χ2v) is 5.37. The maximum Gasteiger partial charge on any atom is 0.243 e. The molecule has 0 fully saturated rings. The Labute approximate surface area is 109 Å². The summed E-state index contributed by atoms with van der Waals surface area (Å²) >= 11 is 0. The zero-order valence-electron chi connectivity index (χ0n) is 9.88. The third-order valence-corrected chi connectivity index (χ3v) is 3.70. The molecular formula is C10H12F2N4O2S. The average molecular weight is 290 g/mol. The Morgan fingerprint density at radius 2 is 2.05 bits per heavy atom. The Morgan fingerprint density at radius 3 is 2.74 bits per heavy atom. The van der Waals surface area contributed by atoms with Gasteiger partial charge in [0.1, 0.15) is 16.5 Å². The van der Waals surface area contributed by atoms with E-state index in [9.17, 15) is 17.2 Å². The summed E-state index contributed by atoms with van der Waals surface area (Å²) in [6.45, 7) is 0.311. The van der Waals surface area contributed by atoms with Gasteiger partial charge in [-0.3, -0.25) is 0 Å². The fourth-order valence-electron chi connectivity index (χ4n) is 1.32. The van der Waals surface area contributed by atoms with Crippen LogP contribution in [0.1, 0.15) is 12.8 Å². The Morgan fingerprint density at radius 1 is 1.32 bits per heavy atom. The standard InChI is InChI=1S/C10H12F2N4O2S/c11-8-3-4-9(12)10(7-8)19(17,18)15-6-2-1-5-14-16-13/h3-4,7,15H,1-2,5-6H2. The van der Waals surface area contributed by atoms with E-state index in [0.717, 1.165) is 12.1 Å². The second kappa shape index (κ2) is 7.03. The molecule has 1 aromatic carbocycles. The molecule has 0 saturated heterocycles. The number of hydrogen-bond donors (Lipinski definition) is 1. The third kappa shape index (κ3) is 4.82. The summed E-state index contributed by atoms with van der Waals surface area (Å²) in [6.07, 6.45) is 0.924. The summed E-state index contributed by atoms with van der Waals surface area (Å²) in [4.78, 5) is 1.83. The fraction of sp³-hybridized carbons (Fsp3) is 0.400. The molecule has 0 heterocycles. The number of hydrogen-bond acceptors (Lipinski definition) is 3. The Bertz CT molecular complexity index is 585. The smallest absolute Gasteiger partial charge is 0.211 e. The van der Waals surface area contributed by atoms with Crippen molar-refractivity contribution in [2.45, 2.75) is 17.7 Å². The van der Waals surface area contributed by atoms with Crippen molar-refractivity contribution in [1.82, 2.24) is 4.72 Å². The Kier molecular flexibility index (Phi) is 5.68. The van der Waals surface area contributed by atoms with E-state index in [1.54, 1.807) is 0 Å². The van der Waals surface area contributed by atoms with E-state index in [2.05, 4.69) is 14.7 Å². The number of unbranched alkanes of at least 4 members (excludes halogenated alkanes) is 1. The highest BCUT2D eigenvalue weighted by Crippen LogP contribution is 2.15. The average Bonchev–Trinajstić information content (AvgIpc) is 2.36. The maximum atomic E-state index is 13.3. The first-order valence-corrected chi connectivity index (χ1v) is 6.91. The topological polar surface area (TPSA) is 94.9 Å². The van der Waals surface area contributed by atoms with Gasteiger partial charge in [-0.05, 0) is 36.6 Å². The first-order chi connectivity index (χ1) is 8.97. The van der Waals surface area contributed by atoms with Crippen LogP contribution in [0.2, 0.25) is 0 Å². The highest BCUT2D eigenvalue weighted by molar-refractivity contribution is 7.89. The molecule has 19 heavy (non-hydrogen) atoms. The minimum Gasteiger partial charge on any atom is -0.211 e. The number of nitrogens with zero attached hydrogens (tertiary/aromatic N) is 3. The predicted octanol–water partition coefficient (Wildman–Crippen LogP) is 2.33. The lowest BCUT2D eigenvalue weighted by molar-refractivity contribution is 0.544. The normalized spacial score (nSPS) is 11.1. The molecule has 1 N–H and O–H groups in total. The fourth-order valence-corrected chi connectivity index (χ4v) is 2.48. The van der Waals surface area contributed by atoms with Gasteiger partial charge in [0, 0.05) is 18.0 Å². The molecule has 6 nitrogen and oxygen atoms in total. The molecule has 1 rings (SSSR count). The van der Waals surface area contributed by atoms with Crippen LogP contribution in [0.15, 0.2) is 28.2 Å². The summed E-state index contributed by atoms with van der Waals surface area (Å²) in [6, 6.07) is 2.22. The predicted molar refractivity (Wildman–Crippen MR) is 64.8 cm³/mol. The van der Waals surface area contributed by atoms with E-state index >= 15 is 0 Å². The van der Waals surface area contributed by atoms with Crippen molar-refractivity contribution in [3.8, 4) is 0 Å². The second-order valence-electron chi connectivity index (χ2n) is 3.63. The van der Waals surface area contributed by atoms with Gasteiger partial charge in [-0.25, -0.2) is 21.9 Å². The summed E-state index contributed by atoms with van der Waals surface area (Å²) in [5, 5.41) is 3.28. The lowest BCUT2D eigenvalue weighted by Crippen LogP contribution is -2.26. The molecule has 1 aromatic rings. The number of sulfonamides is 1. The van der Waals surface area contributed by atoms with Gasteiger partial charge in [-0.1, -0.05) is 5.11 Å². The van der Waals surface area contributed by atoms with Crippen molar-refractivity contribution < 1.29 is 17.2 Å². The summed E-state index contributed by atoms with van der Waals surface area (Å²) in [5.74, 6) is -1.84. The Balaban J connectivity index is 2.61. The van der Waals surface area contributed by atoms with Gasteiger partial charge in [0.15, 0.2) is 0 Å². The monoisotopic (exact) mass is 290 g/mol. The molecule has 0 unspecified atom stereocenters. The van der Waals surface area contributed by atoms with Crippen LogP contribution in [-0.4, -0.2) is 21.5 Å². The minimum atomic E-state index is -4.07. The lowest BCUT2D eigenvalue weighted by atomic mass is 10.3. The van der Waals surface area contributed by atoms with Crippen LogP contribution >= 0.6 is 0 Å². The van der Waals surface area contributed by atoms with Gasteiger partial charge in [-0.2, -0.15) is 0 Å². The van der Waals surface area contributed by atoms with E-state index in [-0.39, 0.29) is 13.1 Å².